The smallest absolute Gasteiger partial charge is 0.185 e. The van der Waals surface area contributed by atoms with Crippen molar-refractivity contribution in [3.05, 3.63) is 10.6 Å². The summed E-state index contributed by atoms with van der Waals surface area (Å²) >= 11 is 1.88. The standard InChI is InChI=1S/C16H29N3S/c1-5-6-7-10-19(4)16-18-15(12(2)3)14(20-16)11-17-13-8-9-13/h12-13,17H,5-11H2,1-4H3. The van der Waals surface area contributed by atoms with Gasteiger partial charge in [-0.3, -0.25) is 0 Å². The molecule has 1 aliphatic carbocycles. The van der Waals surface area contributed by atoms with Crippen molar-refractivity contribution in [2.45, 2.75) is 71.4 Å². The van der Waals surface area contributed by atoms with Crippen LogP contribution in [0.4, 0.5) is 5.13 Å². The predicted molar refractivity (Wildman–Crippen MR) is 88.9 cm³/mol. The molecule has 0 bridgehead atoms. The molecule has 0 unspecified atom stereocenters. The summed E-state index contributed by atoms with van der Waals surface area (Å²) in [4.78, 5) is 8.65. The van der Waals surface area contributed by atoms with Crippen molar-refractivity contribution in [2.75, 3.05) is 18.5 Å². The molecule has 2 rings (SSSR count). The van der Waals surface area contributed by atoms with E-state index in [1.807, 2.05) is 11.3 Å². The van der Waals surface area contributed by atoms with Crippen LogP contribution in [0.3, 0.4) is 0 Å². The minimum Gasteiger partial charge on any atom is -0.351 e. The van der Waals surface area contributed by atoms with Gasteiger partial charge in [-0.1, -0.05) is 33.6 Å². The Morgan fingerprint density at radius 3 is 2.70 bits per heavy atom. The first kappa shape index (κ1) is 15.8. The zero-order chi connectivity index (χ0) is 14.5. The largest absolute Gasteiger partial charge is 0.351 e. The third-order valence-corrected chi connectivity index (χ3v) is 5.00. The molecule has 3 nitrogen and oxygen atoms in total. The molecule has 0 atom stereocenters. The molecule has 0 aliphatic heterocycles. The van der Waals surface area contributed by atoms with Crippen LogP contribution in [-0.4, -0.2) is 24.6 Å². The molecule has 0 saturated heterocycles. The molecular formula is C16H29N3S. The van der Waals surface area contributed by atoms with Gasteiger partial charge in [0, 0.05) is 31.1 Å². The molecule has 0 spiro atoms. The van der Waals surface area contributed by atoms with Gasteiger partial charge in [0.15, 0.2) is 5.13 Å². The Labute approximate surface area is 127 Å². The van der Waals surface area contributed by atoms with Gasteiger partial charge in [-0.15, -0.1) is 11.3 Å². The average molecular weight is 295 g/mol. The second kappa shape index (κ2) is 7.41. The van der Waals surface area contributed by atoms with Crippen molar-refractivity contribution in [1.82, 2.24) is 10.3 Å². The maximum atomic E-state index is 4.89. The Balaban J connectivity index is 1.98. The average Bonchev–Trinajstić information content (AvgIpc) is 3.14. The van der Waals surface area contributed by atoms with Crippen molar-refractivity contribution in [1.29, 1.82) is 0 Å². The summed E-state index contributed by atoms with van der Waals surface area (Å²) in [5.74, 6) is 0.514. The number of anilines is 1. The van der Waals surface area contributed by atoms with Gasteiger partial charge in [-0.05, 0) is 25.2 Å². The van der Waals surface area contributed by atoms with Gasteiger partial charge in [-0.2, -0.15) is 0 Å². The van der Waals surface area contributed by atoms with E-state index in [4.69, 9.17) is 4.98 Å². The Kier molecular flexibility index (Phi) is 5.85. The second-order valence-electron chi connectivity index (χ2n) is 6.24. The minimum absolute atomic E-state index is 0.514. The molecule has 114 valence electrons. The van der Waals surface area contributed by atoms with E-state index in [1.54, 1.807) is 0 Å². The highest BCUT2D eigenvalue weighted by Crippen LogP contribution is 2.31. The normalized spacial score (nSPS) is 15.1. The lowest BCUT2D eigenvalue weighted by Crippen LogP contribution is -2.18. The maximum absolute atomic E-state index is 4.89. The van der Waals surface area contributed by atoms with Gasteiger partial charge in [0.05, 0.1) is 5.69 Å². The third-order valence-electron chi connectivity index (χ3n) is 3.82. The van der Waals surface area contributed by atoms with Gasteiger partial charge >= 0.3 is 0 Å². The molecule has 1 saturated carbocycles. The lowest BCUT2D eigenvalue weighted by molar-refractivity contribution is 0.680. The Bertz CT molecular complexity index is 410. The first-order valence-electron chi connectivity index (χ1n) is 8.06. The number of hydrogen-bond acceptors (Lipinski definition) is 4. The molecule has 1 aromatic heterocycles. The fourth-order valence-electron chi connectivity index (χ4n) is 2.31. The number of hydrogen-bond donors (Lipinski definition) is 1. The van der Waals surface area contributed by atoms with E-state index in [9.17, 15) is 0 Å². The van der Waals surface area contributed by atoms with E-state index in [0.29, 0.717) is 5.92 Å². The monoisotopic (exact) mass is 295 g/mol. The van der Waals surface area contributed by atoms with E-state index in [0.717, 1.165) is 19.1 Å². The summed E-state index contributed by atoms with van der Waals surface area (Å²) in [5.41, 5.74) is 1.29. The second-order valence-corrected chi connectivity index (χ2v) is 7.31. The molecule has 1 N–H and O–H groups in total. The fourth-order valence-corrected chi connectivity index (χ4v) is 3.46. The van der Waals surface area contributed by atoms with Crippen LogP contribution in [0.25, 0.3) is 0 Å². The predicted octanol–water partition coefficient (Wildman–Crippen LogP) is 4.14. The summed E-state index contributed by atoms with van der Waals surface area (Å²) in [6, 6.07) is 0.767. The highest BCUT2D eigenvalue weighted by atomic mass is 32.1. The number of unbranched alkanes of at least 4 members (excludes halogenated alkanes) is 2. The first-order chi connectivity index (χ1) is 9.61. The van der Waals surface area contributed by atoms with Gasteiger partial charge in [-0.25, -0.2) is 4.98 Å². The Morgan fingerprint density at radius 2 is 2.10 bits per heavy atom. The van der Waals surface area contributed by atoms with E-state index in [-0.39, 0.29) is 0 Å². The molecule has 0 aromatic carbocycles. The molecule has 1 aliphatic rings. The quantitative estimate of drug-likeness (QED) is 0.694. The molecule has 1 heterocycles. The topological polar surface area (TPSA) is 28.2 Å². The molecule has 1 fully saturated rings. The zero-order valence-electron chi connectivity index (χ0n) is 13.4. The molecular weight excluding hydrogens is 266 g/mol. The first-order valence-corrected chi connectivity index (χ1v) is 8.87. The van der Waals surface area contributed by atoms with Crippen LogP contribution in [0.2, 0.25) is 0 Å². The summed E-state index contributed by atoms with van der Waals surface area (Å²) in [5, 5.41) is 4.82. The number of nitrogens with one attached hydrogen (secondary N) is 1. The van der Waals surface area contributed by atoms with Crippen LogP contribution >= 0.6 is 11.3 Å². The Morgan fingerprint density at radius 1 is 1.35 bits per heavy atom. The lowest BCUT2D eigenvalue weighted by atomic mass is 10.1. The molecule has 1 aromatic rings. The number of thiazole rings is 1. The Hall–Kier alpha value is -0.610. The van der Waals surface area contributed by atoms with Gasteiger partial charge < -0.3 is 10.2 Å². The van der Waals surface area contributed by atoms with Crippen molar-refractivity contribution >= 4 is 16.5 Å². The van der Waals surface area contributed by atoms with Crippen LogP contribution in [0.5, 0.6) is 0 Å². The van der Waals surface area contributed by atoms with Crippen molar-refractivity contribution in [3.8, 4) is 0 Å². The maximum Gasteiger partial charge on any atom is 0.185 e. The highest BCUT2D eigenvalue weighted by molar-refractivity contribution is 7.15. The summed E-state index contributed by atoms with van der Waals surface area (Å²) < 4.78 is 0. The summed E-state index contributed by atoms with van der Waals surface area (Å²) in [6.07, 6.45) is 6.54. The van der Waals surface area contributed by atoms with Crippen molar-refractivity contribution in [2.24, 2.45) is 0 Å². The molecule has 0 radical (unpaired) electrons. The van der Waals surface area contributed by atoms with Crippen molar-refractivity contribution < 1.29 is 0 Å². The SMILES string of the molecule is CCCCCN(C)c1nc(C(C)C)c(CNC2CC2)s1. The summed E-state index contributed by atoms with van der Waals surface area (Å²) in [6.45, 7) is 8.86. The van der Waals surface area contributed by atoms with Gasteiger partial charge in [0.25, 0.3) is 0 Å². The van der Waals surface area contributed by atoms with Crippen LogP contribution in [0.1, 0.15) is 69.4 Å². The zero-order valence-corrected chi connectivity index (χ0v) is 14.2. The third kappa shape index (κ3) is 4.45. The number of rotatable bonds is 9. The summed E-state index contributed by atoms with van der Waals surface area (Å²) in [7, 11) is 2.18. The van der Waals surface area contributed by atoms with Gasteiger partial charge in [0.2, 0.25) is 0 Å². The van der Waals surface area contributed by atoms with Crippen LogP contribution < -0.4 is 10.2 Å². The van der Waals surface area contributed by atoms with Crippen LogP contribution in [-0.2, 0) is 6.54 Å². The van der Waals surface area contributed by atoms with E-state index >= 15 is 0 Å². The van der Waals surface area contributed by atoms with Crippen molar-refractivity contribution in [3.63, 3.8) is 0 Å². The minimum atomic E-state index is 0.514. The van der Waals surface area contributed by atoms with Crippen LogP contribution in [0, 0.1) is 0 Å². The van der Waals surface area contributed by atoms with Gasteiger partial charge in [0.1, 0.15) is 0 Å². The number of nitrogens with zero attached hydrogens (tertiary/aromatic N) is 2. The fraction of sp³-hybridized carbons (Fsp3) is 0.812. The molecule has 0 amide bonds. The van der Waals surface area contributed by atoms with E-state index < -0.39 is 0 Å². The van der Waals surface area contributed by atoms with Crippen LogP contribution in [0.15, 0.2) is 0 Å². The molecule has 20 heavy (non-hydrogen) atoms. The van der Waals surface area contributed by atoms with E-state index in [1.165, 1.54) is 47.8 Å². The van der Waals surface area contributed by atoms with E-state index in [2.05, 4.69) is 38.0 Å². The lowest BCUT2D eigenvalue weighted by Gasteiger charge is -2.15. The molecule has 4 heteroatoms. The highest BCUT2D eigenvalue weighted by Gasteiger charge is 2.22. The number of aromatic nitrogens is 1.